The Morgan fingerprint density at radius 3 is 2.67 bits per heavy atom. The van der Waals surface area contributed by atoms with E-state index in [0.717, 1.165) is 32.4 Å². The number of piperidine rings is 1. The van der Waals surface area contributed by atoms with Crippen molar-refractivity contribution in [2.24, 2.45) is 0 Å². The number of ether oxygens (including phenoxy) is 1. The fourth-order valence-electron chi connectivity index (χ4n) is 3.75. The van der Waals surface area contributed by atoms with Gasteiger partial charge in [-0.15, -0.1) is 0 Å². The van der Waals surface area contributed by atoms with E-state index in [0.29, 0.717) is 16.8 Å². The second kappa shape index (κ2) is 8.72. The molecule has 0 radical (unpaired) electrons. The van der Waals surface area contributed by atoms with Crippen molar-refractivity contribution in [2.45, 2.75) is 44.6 Å². The highest BCUT2D eigenvalue weighted by Gasteiger charge is 2.27. The van der Waals surface area contributed by atoms with Crippen LogP contribution in [-0.4, -0.2) is 54.5 Å². The molecule has 1 amide bonds. The first kappa shape index (κ1) is 17.6. The van der Waals surface area contributed by atoms with Gasteiger partial charge in [-0.3, -0.25) is 4.79 Å². The molecule has 0 saturated carbocycles. The topological polar surface area (TPSA) is 32.8 Å². The maximum absolute atomic E-state index is 12.6. The van der Waals surface area contributed by atoms with E-state index in [1.165, 1.54) is 32.4 Å². The molecule has 2 aliphatic heterocycles. The Kier molecular flexibility index (Phi) is 6.38. The van der Waals surface area contributed by atoms with Crippen molar-refractivity contribution in [3.8, 4) is 5.75 Å². The maximum Gasteiger partial charge on any atom is 0.260 e. The quantitative estimate of drug-likeness (QED) is 0.786. The largest absolute Gasteiger partial charge is 0.482 e. The van der Waals surface area contributed by atoms with Crippen LogP contribution < -0.4 is 4.74 Å². The van der Waals surface area contributed by atoms with Gasteiger partial charge >= 0.3 is 0 Å². The molecule has 1 atom stereocenters. The van der Waals surface area contributed by atoms with Crippen molar-refractivity contribution >= 4 is 17.5 Å². The van der Waals surface area contributed by atoms with E-state index >= 15 is 0 Å². The Morgan fingerprint density at radius 1 is 1.12 bits per heavy atom. The zero-order chi connectivity index (χ0) is 16.8. The molecule has 2 heterocycles. The molecule has 4 nitrogen and oxygen atoms in total. The van der Waals surface area contributed by atoms with Gasteiger partial charge in [-0.2, -0.15) is 0 Å². The molecule has 24 heavy (non-hydrogen) atoms. The van der Waals surface area contributed by atoms with Crippen LogP contribution in [0.2, 0.25) is 5.02 Å². The summed E-state index contributed by atoms with van der Waals surface area (Å²) in [4.78, 5) is 17.2. The first-order valence-corrected chi connectivity index (χ1v) is 9.51. The predicted octanol–water partition coefficient (Wildman–Crippen LogP) is 3.59. The van der Waals surface area contributed by atoms with Gasteiger partial charge in [0.05, 0.1) is 5.02 Å². The first-order valence-electron chi connectivity index (χ1n) is 9.13. The zero-order valence-corrected chi connectivity index (χ0v) is 15.0. The van der Waals surface area contributed by atoms with Gasteiger partial charge < -0.3 is 14.5 Å². The third kappa shape index (κ3) is 4.64. The number of amides is 1. The number of hydrogen-bond acceptors (Lipinski definition) is 3. The van der Waals surface area contributed by atoms with Crippen LogP contribution in [0, 0.1) is 0 Å². The average Bonchev–Trinajstić information content (AvgIpc) is 3.13. The molecular formula is C19H27ClN2O2. The van der Waals surface area contributed by atoms with E-state index in [9.17, 15) is 4.79 Å². The molecule has 2 fully saturated rings. The monoisotopic (exact) mass is 350 g/mol. The summed E-state index contributed by atoms with van der Waals surface area (Å²) >= 11 is 6.09. The summed E-state index contributed by atoms with van der Waals surface area (Å²) < 4.78 is 5.64. The minimum absolute atomic E-state index is 0.0734. The van der Waals surface area contributed by atoms with E-state index < -0.39 is 0 Å². The van der Waals surface area contributed by atoms with E-state index in [1.807, 2.05) is 17.0 Å². The molecule has 1 aromatic rings. The second-order valence-corrected chi connectivity index (χ2v) is 7.20. The standard InChI is InChI=1S/C19H27ClN2O2/c20-17-8-1-2-9-18(17)24-15-19(23)22-13-4-3-7-16(22)10-14-21-11-5-6-12-21/h1-2,8-9,16H,3-7,10-15H2/t16-/m1/s1. The van der Waals surface area contributed by atoms with Crippen LogP contribution in [0.1, 0.15) is 38.5 Å². The summed E-state index contributed by atoms with van der Waals surface area (Å²) in [5, 5.41) is 0.550. The summed E-state index contributed by atoms with van der Waals surface area (Å²) in [6.07, 6.45) is 7.15. The zero-order valence-electron chi connectivity index (χ0n) is 14.3. The third-order valence-electron chi connectivity index (χ3n) is 5.11. The van der Waals surface area contributed by atoms with E-state index in [2.05, 4.69) is 4.90 Å². The van der Waals surface area contributed by atoms with Crippen molar-refractivity contribution in [3.05, 3.63) is 29.3 Å². The summed E-state index contributed by atoms with van der Waals surface area (Å²) in [5.74, 6) is 0.666. The summed E-state index contributed by atoms with van der Waals surface area (Å²) in [6, 6.07) is 7.67. The van der Waals surface area contributed by atoms with Gasteiger partial charge in [0.25, 0.3) is 5.91 Å². The van der Waals surface area contributed by atoms with Crippen LogP contribution in [0.4, 0.5) is 0 Å². The highest BCUT2D eigenvalue weighted by atomic mass is 35.5. The van der Waals surface area contributed by atoms with Gasteiger partial charge in [0.15, 0.2) is 6.61 Å². The van der Waals surface area contributed by atoms with Crippen molar-refractivity contribution in [3.63, 3.8) is 0 Å². The Hall–Kier alpha value is -1.26. The highest BCUT2D eigenvalue weighted by Crippen LogP contribution is 2.24. The normalized spacial score (nSPS) is 21.9. The number of rotatable bonds is 6. The Bertz CT molecular complexity index is 546. The van der Waals surface area contributed by atoms with E-state index in [4.69, 9.17) is 16.3 Å². The van der Waals surface area contributed by atoms with Crippen LogP contribution in [0.5, 0.6) is 5.75 Å². The maximum atomic E-state index is 12.6. The van der Waals surface area contributed by atoms with Crippen LogP contribution >= 0.6 is 11.6 Å². The number of halogens is 1. The molecule has 3 rings (SSSR count). The fraction of sp³-hybridized carbons (Fsp3) is 0.632. The van der Waals surface area contributed by atoms with Crippen molar-refractivity contribution in [1.29, 1.82) is 0 Å². The Morgan fingerprint density at radius 2 is 1.88 bits per heavy atom. The lowest BCUT2D eigenvalue weighted by molar-refractivity contribution is -0.137. The van der Waals surface area contributed by atoms with Gasteiger partial charge in [0.2, 0.25) is 0 Å². The van der Waals surface area contributed by atoms with Gasteiger partial charge in [0.1, 0.15) is 5.75 Å². The molecule has 0 aliphatic carbocycles. The minimum Gasteiger partial charge on any atom is -0.482 e. The lowest BCUT2D eigenvalue weighted by Gasteiger charge is -2.36. The lowest BCUT2D eigenvalue weighted by atomic mass is 9.99. The van der Waals surface area contributed by atoms with Crippen LogP contribution in [0.15, 0.2) is 24.3 Å². The summed E-state index contributed by atoms with van der Waals surface area (Å²) in [6.45, 7) is 4.48. The molecule has 2 aliphatic rings. The molecule has 0 unspecified atom stereocenters. The second-order valence-electron chi connectivity index (χ2n) is 6.79. The molecule has 0 spiro atoms. The summed E-state index contributed by atoms with van der Waals surface area (Å²) in [7, 11) is 0. The van der Waals surface area contributed by atoms with E-state index in [-0.39, 0.29) is 12.5 Å². The smallest absolute Gasteiger partial charge is 0.260 e. The predicted molar refractivity (Wildman–Crippen MR) is 96.6 cm³/mol. The Labute approximate surface area is 149 Å². The molecule has 0 bridgehead atoms. The fourth-order valence-corrected chi connectivity index (χ4v) is 3.94. The SMILES string of the molecule is O=C(COc1ccccc1Cl)N1CCCC[C@@H]1CCN1CCCC1. The molecule has 5 heteroatoms. The molecule has 2 saturated heterocycles. The molecule has 0 aromatic heterocycles. The Balaban J connectivity index is 1.51. The van der Waals surface area contributed by atoms with E-state index in [1.54, 1.807) is 12.1 Å². The van der Waals surface area contributed by atoms with Crippen LogP contribution in [0.25, 0.3) is 0 Å². The van der Waals surface area contributed by atoms with Gasteiger partial charge in [-0.1, -0.05) is 23.7 Å². The number of likely N-dealkylation sites (tertiary alicyclic amines) is 2. The van der Waals surface area contributed by atoms with Crippen LogP contribution in [0.3, 0.4) is 0 Å². The van der Waals surface area contributed by atoms with Gasteiger partial charge in [-0.25, -0.2) is 0 Å². The highest BCUT2D eigenvalue weighted by molar-refractivity contribution is 6.32. The number of nitrogens with zero attached hydrogens (tertiary/aromatic N) is 2. The number of carbonyl (C=O) groups excluding carboxylic acids is 1. The lowest BCUT2D eigenvalue weighted by Crippen LogP contribution is -2.47. The third-order valence-corrected chi connectivity index (χ3v) is 5.42. The van der Waals surface area contributed by atoms with Gasteiger partial charge in [-0.05, 0) is 63.7 Å². The van der Waals surface area contributed by atoms with Gasteiger partial charge in [0, 0.05) is 19.1 Å². The van der Waals surface area contributed by atoms with Crippen LogP contribution in [-0.2, 0) is 4.79 Å². The van der Waals surface area contributed by atoms with Crippen molar-refractivity contribution in [2.75, 3.05) is 32.8 Å². The molecular weight excluding hydrogens is 324 g/mol. The molecule has 0 N–H and O–H groups in total. The first-order chi connectivity index (χ1) is 11.7. The number of para-hydroxylation sites is 1. The minimum atomic E-state index is 0.0734. The van der Waals surface area contributed by atoms with Crippen molar-refractivity contribution < 1.29 is 9.53 Å². The number of carbonyl (C=O) groups is 1. The summed E-state index contributed by atoms with van der Waals surface area (Å²) in [5.41, 5.74) is 0. The number of hydrogen-bond donors (Lipinski definition) is 0. The van der Waals surface area contributed by atoms with Crippen molar-refractivity contribution in [1.82, 2.24) is 9.80 Å². The number of benzene rings is 1. The molecule has 1 aromatic carbocycles. The molecule has 132 valence electrons. The average molecular weight is 351 g/mol.